The van der Waals surface area contributed by atoms with Gasteiger partial charge in [0.2, 0.25) is 0 Å². The summed E-state index contributed by atoms with van der Waals surface area (Å²) in [6, 6.07) is 0. The summed E-state index contributed by atoms with van der Waals surface area (Å²) in [5, 5.41) is 19.4. The van der Waals surface area contributed by atoms with Crippen LogP contribution in [0.5, 0.6) is 0 Å². The zero-order valence-electron chi connectivity index (χ0n) is 15.0. The summed E-state index contributed by atoms with van der Waals surface area (Å²) in [6.07, 6.45) is -0.251. The Kier molecular flexibility index (Phi) is 8.20. The molecule has 0 aliphatic heterocycles. The molecular formula is C17H34O3Si. The van der Waals surface area contributed by atoms with Crippen LogP contribution in [0.2, 0.25) is 16.6 Å². The molecule has 21 heavy (non-hydrogen) atoms. The summed E-state index contributed by atoms with van der Waals surface area (Å²) in [5.41, 5.74) is 0.556. The Bertz CT molecular complexity index is 337. The maximum Gasteiger partial charge on any atom is 0.200 e. The van der Waals surface area contributed by atoms with E-state index in [1.807, 2.05) is 0 Å². The Labute approximate surface area is 132 Å². The van der Waals surface area contributed by atoms with Crippen molar-refractivity contribution in [1.82, 2.24) is 0 Å². The lowest BCUT2D eigenvalue weighted by molar-refractivity contribution is 0.141. The van der Waals surface area contributed by atoms with E-state index < -0.39 is 20.0 Å². The predicted molar refractivity (Wildman–Crippen MR) is 91.7 cm³/mol. The molecule has 4 heteroatoms. The van der Waals surface area contributed by atoms with Crippen molar-refractivity contribution in [2.24, 2.45) is 0 Å². The molecule has 0 amide bonds. The molecule has 0 bridgehead atoms. The molecule has 0 aromatic rings. The SMILES string of the molecule is CC(C)[Si](OCC[C@H](O)C#CC(C)(C)O)(C(C)C)C(C)C. The Morgan fingerprint density at radius 1 is 1.00 bits per heavy atom. The fraction of sp³-hybridized carbons (Fsp3) is 0.882. The fourth-order valence-electron chi connectivity index (χ4n) is 3.18. The highest BCUT2D eigenvalue weighted by molar-refractivity contribution is 6.77. The zero-order chi connectivity index (χ0) is 16.8. The van der Waals surface area contributed by atoms with E-state index in [1.54, 1.807) is 13.8 Å². The second kappa shape index (κ2) is 8.33. The highest BCUT2D eigenvalue weighted by Crippen LogP contribution is 2.42. The third-order valence-corrected chi connectivity index (χ3v) is 10.1. The molecule has 0 saturated heterocycles. The molecular weight excluding hydrogens is 280 g/mol. The molecule has 0 heterocycles. The summed E-state index contributed by atoms with van der Waals surface area (Å²) < 4.78 is 6.37. The normalized spacial score (nSPS) is 14.5. The Balaban J connectivity index is 4.68. The Hall–Kier alpha value is -0.343. The lowest BCUT2D eigenvalue weighted by atomic mass is 10.1. The van der Waals surface area contributed by atoms with Crippen LogP contribution >= 0.6 is 0 Å². The summed E-state index contributed by atoms with van der Waals surface area (Å²) in [7, 11) is -1.86. The molecule has 0 aromatic carbocycles. The quantitative estimate of drug-likeness (QED) is 0.556. The first kappa shape index (κ1) is 20.7. The van der Waals surface area contributed by atoms with Gasteiger partial charge in [0.05, 0.1) is 0 Å². The molecule has 0 aliphatic rings. The van der Waals surface area contributed by atoms with Gasteiger partial charge in [-0.2, -0.15) is 0 Å². The monoisotopic (exact) mass is 314 g/mol. The van der Waals surface area contributed by atoms with Gasteiger partial charge in [0.1, 0.15) is 11.7 Å². The minimum atomic E-state index is -1.86. The van der Waals surface area contributed by atoms with E-state index >= 15 is 0 Å². The molecule has 0 fully saturated rings. The average molecular weight is 315 g/mol. The van der Waals surface area contributed by atoms with Crippen LogP contribution in [-0.2, 0) is 4.43 Å². The van der Waals surface area contributed by atoms with Crippen molar-refractivity contribution < 1.29 is 14.6 Å². The van der Waals surface area contributed by atoms with Crippen LogP contribution < -0.4 is 0 Å². The van der Waals surface area contributed by atoms with Gasteiger partial charge in [0.15, 0.2) is 8.32 Å². The van der Waals surface area contributed by atoms with E-state index in [0.717, 1.165) is 0 Å². The van der Waals surface area contributed by atoms with Crippen LogP contribution in [-0.4, -0.2) is 36.8 Å². The molecule has 2 N–H and O–H groups in total. The molecule has 0 unspecified atom stereocenters. The van der Waals surface area contributed by atoms with Crippen molar-refractivity contribution in [3.8, 4) is 11.8 Å². The van der Waals surface area contributed by atoms with Gasteiger partial charge in [-0.25, -0.2) is 0 Å². The van der Waals surface area contributed by atoms with Crippen molar-refractivity contribution in [2.45, 2.75) is 90.1 Å². The number of aliphatic hydroxyl groups is 2. The first-order chi connectivity index (χ1) is 9.43. The van der Waals surface area contributed by atoms with Crippen molar-refractivity contribution in [3.05, 3.63) is 0 Å². The number of hydrogen-bond acceptors (Lipinski definition) is 3. The van der Waals surface area contributed by atoms with Gasteiger partial charge < -0.3 is 14.6 Å². The third-order valence-electron chi connectivity index (χ3n) is 4.00. The minimum Gasteiger partial charge on any atom is -0.416 e. The molecule has 0 spiro atoms. The molecule has 0 rings (SSSR count). The van der Waals surface area contributed by atoms with Crippen molar-refractivity contribution in [2.75, 3.05) is 6.61 Å². The smallest absolute Gasteiger partial charge is 0.200 e. The molecule has 124 valence electrons. The molecule has 0 radical (unpaired) electrons. The predicted octanol–water partition coefficient (Wildman–Crippen LogP) is 3.70. The zero-order valence-corrected chi connectivity index (χ0v) is 16.0. The maximum absolute atomic E-state index is 9.88. The van der Waals surface area contributed by atoms with Crippen LogP contribution in [0, 0.1) is 11.8 Å². The van der Waals surface area contributed by atoms with Crippen LogP contribution in [0.25, 0.3) is 0 Å². The van der Waals surface area contributed by atoms with E-state index in [9.17, 15) is 10.2 Å². The summed E-state index contributed by atoms with van der Waals surface area (Å²) >= 11 is 0. The topological polar surface area (TPSA) is 49.7 Å². The van der Waals surface area contributed by atoms with E-state index in [0.29, 0.717) is 29.7 Å². The molecule has 1 atom stereocenters. The van der Waals surface area contributed by atoms with Crippen molar-refractivity contribution >= 4 is 8.32 Å². The van der Waals surface area contributed by atoms with Gasteiger partial charge >= 0.3 is 0 Å². The molecule has 3 nitrogen and oxygen atoms in total. The van der Waals surface area contributed by atoms with Gasteiger partial charge in [0.25, 0.3) is 0 Å². The van der Waals surface area contributed by atoms with Crippen LogP contribution in [0.3, 0.4) is 0 Å². The number of hydrogen-bond donors (Lipinski definition) is 2. The molecule has 0 aliphatic carbocycles. The maximum atomic E-state index is 9.88. The lowest BCUT2D eigenvalue weighted by Gasteiger charge is -2.42. The minimum absolute atomic E-state index is 0.490. The second-order valence-electron chi connectivity index (χ2n) is 7.30. The van der Waals surface area contributed by atoms with Gasteiger partial charge in [-0.05, 0) is 30.5 Å². The van der Waals surface area contributed by atoms with E-state index in [-0.39, 0.29) is 0 Å². The Morgan fingerprint density at radius 3 is 1.76 bits per heavy atom. The van der Waals surface area contributed by atoms with E-state index in [4.69, 9.17) is 4.43 Å². The van der Waals surface area contributed by atoms with Crippen molar-refractivity contribution in [1.29, 1.82) is 0 Å². The Morgan fingerprint density at radius 2 is 1.43 bits per heavy atom. The van der Waals surface area contributed by atoms with Gasteiger partial charge in [-0.15, -0.1) is 0 Å². The fourth-order valence-corrected chi connectivity index (χ4v) is 8.65. The van der Waals surface area contributed by atoms with Gasteiger partial charge in [-0.3, -0.25) is 0 Å². The first-order valence-corrected chi connectivity index (χ1v) is 10.1. The van der Waals surface area contributed by atoms with E-state index in [2.05, 4.69) is 53.4 Å². The van der Waals surface area contributed by atoms with Crippen molar-refractivity contribution in [3.63, 3.8) is 0 Å². The summed E-state index contributed by atoms with van der Waals surface area (Å²) in [5.74, 6) is 5.34. The van der Waals surface area contributed by atoms with Crippen LogP contribution in [0.4, 0.5) is 0 Å². The van der Waals surface area contributed by atoms with Crippen LogP contribution in [0.15, 0.2) is 0 Å². The van der Waals surface area contributed by atoms with E-state index in [1.165, 1.54) is 0 Å². The summed E-state index contributed by atoms with van der Waals surface area (Å²) in [6.45, 7) is 17.2. The highest BCUT2D eigenvalue weighted by atomic mass is 28.4. The standard InChI is InChI=1S/C17H34O3Si/c1-13(2)21(14(3)4,15(5)6)20-12-10-16(18)9-11-17(7,8)19/h13-16,18-19H,10,12H2,1-8H3/t16-/m1/s1. The highest BCUT2D eigenvalue weighted by Gasteiger charge is 2.44. The molecule has 0 aromatic heterocycles. The average Bonchev–Trinajstić information content (AvgIpc) is 2.29. The second-order valence-corrected chi connectivity index (χ2v) is 12.8. The third kappa shape index (κ3) is 6.52. The van der Waals surface area contributed by atoms with Crippen LogP contribution in [0.1, 0.15) is 61.8 Å². The largest absolute Gasteiger partial charge is 0.416 e. The van der Waals surface area contributed by atoms with Gasteiger partial charge in [-0.1, -0.05) is 53.4 Å². The lowest BCUT2D eigenvalue weighted by Crippen LogP contribution is -2.48. The molecule has 0 saturated carbocycles. The first-order valence-electron chi connectivity index (χ1n) is 8.00. The summed E-state index contributed by atoms with van der Waals surface area (Å²) in [4.78, 5) is 0. The van der Waals surface area contributed by atoms with Gasteiger partial charge in [0, 0.05) is 13.0 Å². The number of rotatable bonds is 7. The number of aliphatic hydroxyl groups excluding tert-OH is 1.